The Hall–Kier alpha value is -1.50. The van der Waals surface area contributed by atoms with Crippen LogP contribution in [0.1, 0.15) is 29.3 Å². The zero-order valence-corrected chi connectivity index (χ0v) is 16.8. The Labute approximate surface area is 163 Å². The second-order valence-electron chi connectivity index (χ2n) is 6.80. The number of nitrogens with one attached hydrogen (secondary N) is 1. The maximum absolute atomic E-state index is 12.4. The lowest BCUT2D eigenvalue weighted by molar-refractivity contribution is 0.0915. The van der Waals surface area contributed by atoms with E-state index in [0.29, 0.717) is 17.0 Å². The molecule has 1 fully saturated rings. The topological polar surface area (TPSA) is 63.2 Å². The van der Waals surface area contributed by atoms with Gasteiger partial charge in [-0.25, -0.2) is 8.42 Å². The van der Waals surface area contributed by atoms with Crippen LogP contribution < -0.4 is 5.32 Å². The Morgan fingerprint density at radius 2 is 1.81 bits per heavy atom. The highest BCUT2D eigenvalue weighted by atomic mass is 35.5. The summed E-state index contributed by atoms with van der Waals surface area (Å²) in [6.07, 6.45) is 0.455. The van der Waals surface area contributed by atoms with Gasteiger partial charge in [-0.1, -0.05) is 23.7 Å². The molecule has 26 heavy (non-hydrogen) atoms. The molecule has 1 atom stereocenters. The fourth-order valence-corrected chi connectivity index (χ4v) is 5.98. The molecule has 1 aliphatic rings. The normalized spacial score (nSPS) is 21.5. The maximum Gasteiger partial charge on any atom is 0.251 e. The van der Waals surface area contributed by atoms with E-state index >= 15 is 0 Å². The average Bonchev–Trinajstić information content (AvgIpc) is 2.87. The molecule has 0 saturated carbocycles. The summed E-state index contributed by atoms with van der Waals surface area (Å²) < 4.78 is 23.3. The van der Waals surface area contributed by atoms with E-state index in [1.54, 1.807) is 30.8 Å². The Bertz CT molecular complexity index is 895. The first kappa shape index (κ1) is 19.3. The molecule has 1 heterocycles. The number of hydrogen-bond acceptors (Lipinski definition) is 4. The minimum absolute atomic E-state index is 0.00154. The standard InChI is InChI=1S/C19H20ClNO3S2/c1-19(10-11-26(23,24)13-19)21-18(22)15-4-2-14(3-5-15)12-25-17-8-6-16(20)7-9-17/h2-9H,10-13H2,1H3,(H,21,22). The third-order valence-electron chi connectivity index (χ3n) is 4.35. The fourth-order valence-electron chi connectivity index (χ4n) is 2.91. The van der Waals surface area contributed by atoms with Crippen LogP contribution in [-0.4, -0.2) is 31.4 Å². The lowest BCUT2D eigenvalue weighted by atomic mass is 10.0. The van der Waals surface area contributed by atoms with Crippen molar-refractivity contribution in [3.8, 4) is 0 Å². The van der Waals surface area contributed by atoms with Crippen molar-refractivity contribution in [3.05, 3.63) is 64.7 Å². The minimum Gasteiger partial charge on any atom is -0.346 e. The first-order valence-electron chi connectivity index (χ1n) is 8.25. The van der Waals surface area contributed by atoms with Crippen molar-refractivity contribution in [2.24, 2.45) is 0 Å². The molecule has 1 aliphatic heterocycles. The Kier molecular flexibility index (Phi) is 5.65. The summed E-state index contributed by atoms with van der Waals surface area (Å²) in [6, 6.07) is 15.1. The smallest absolute Gasteiger partial charge is 0.251 e. The highest BCUT2D eigenvalue weighted by Gasteiger charge is 2.39. The zero-order valence-electron chi connectivity index (χ0n) is 14.4. The van der Waals surface area contributed by atoms with Crippen LogP contribution in [0.15, 0.2) is 53.4 Å². The summed E-state index contributed by atoms with van der Waals surface area (Å²) in [5.41, 5.74) is 0.964. The Morgan fingerprint density at radius 3 is 2.38 bits per heavy atom. The van der Waals surface area contributed by atoms with Crippen molar-refractivity contribution >= 4 is 39.1 Å². The van der Waals surface area contributed by atoms with Gasteiger partial charge in [0.2, 0.25) is 0 Å². The van der Waals surface area contributed by atoms with E-state index in [1.807, 2.05) is 36.4 Å². The number of amides is 1. The van der Waals surface area contributed by atoms with E-state index in [2.05, 4.69) is 5.32 Å². The van der Waals surface area contributed by atoms with E-state index in [4.69, 9.17) is 11.6 Å². The number of rotatable bonds is 5. The van der Waals surface area contributed by atoms with Crippen molar-refractivity contribution in [1.82, 2.24) is 5.32 Å². The van der Waals surface area contributed by atoms with Gasteiger partial charge in [-0.3, -0.25) is 4.79 Å². The zero-order chi connectivity index (χ0) is 18.8. The predicted octanol–water partition coefficient (Wildman–Crippen LogP) is 3.94. The molecule has 138 valence electrons. The molecule has 0 aliphatic carbocycles. The number of thioether (sulfide) groups is 1. The Morgan fingerprint density at radius 1 is 1.15 bits per heavy atom. The minimum atomic E-state index is -3.05. The molecular formula is C19H20ClNO3S2. The third-order valence-corrected chi connectivity index (χ3v) is 7.59. The number of halogens is 1. The van der Waals surface area contributed by atoms with Gasteiger partial charge in [0.15, 0.2) is 9.84 Å². The van der Waals surface area contributed by atoms with Crippen LogP contribution in [0, 0.1) is 0 Å². The van der Waals surface area contributed by atoms with Crippen LogP contribution in [0.4, 0.5) is 0 Å². The summed E-state index contributed by atoms with van der Waals surface area (Å²) in [6.45, 7) is 1.78. The molecule has 2 aromatic rings. The lowest BCUT2D eigenvalue weighted by Crippen LogP contribution is -2.46. The molecule has 7 heteroatoms. The molecule has 0 bridgehead atoms. The first-order valence-corrected chi connectivity index (χ1v) is 11.4. The molecular weight excluding hydrogens is 390 g/mol. The summed E-state index contributed by atoms with van der Waals surface area (Å²) in [5, 5.41) is 3.59. The van der Waals surface area contributed by atoms with E-state index in [0.717, 1.165) is 16.2 Å². The highest BCUT2D eigenvalue weighted by molar-refractivity contribution is 7.98. The van der Waals surface area contributed by atoms with Gasteiger partial charge in [-0.05, 0) is 55.3 Å². The molecule has 0 radical (unpaired) electrons. The van der Waals surface area contributed by atoms with E-state index in [-0.39, 0.29) is 17.4 Å². The van der Waals surface area contributed by atoms with Gasteiger partial charge in [0.25, 0.3) is 5.91 Å². The van der Waals surface area contributed by atoms with Gasteiger partial charge < -0.3 is 5.32 Å². The molecule has 0 spiro atoms. The fraction of sp³-hybridized carbons (Fsp3) is 0.316. The molecule has 2 aromatic carbocycles. The van der Waals surface area contributed by atoms with E-state index < -0.39 is 15.4 Å². The summed E-state index contributed by atoms with van der Waals surface area (Å²) in [5.74, 6) is 0.688. The van der Waals surface area contributed by atoms with Crippen LogP contribution in [-0.2, 0) is 15.6 Å². The number of carbonyl (C=O) groups excluding carboxylic acids is 1. The van der Waals surface area contributed by atoms with Crippen molar-refractivity contribution in [2.75, 3.05) is 11.5 Å². The molecule has 0 aromatic heterocycles. The number of sulfone groups is 1. The molecule has 1 saturated heterocycles. The second kappa shape index (κ2) is 7.62. The van der Waals surface area contributed by atoms with Crippen LogP contribution in [0.2, 0.25) is 5.02 Å². The van der Waals surface area contributed by atoms with Crippen LogP contribution in [0.3, 0.4) is 0 Å². The van der Waals surface area contributed by atoms with Crippen LogP contribution in [0.5, 0.6) is 0 Å². The monoisotopic (exact) mass is 409 g/mol. The van der Waals surface area contributed by atoms with Crippen LogP contribution in [0.25, 0.3) is 0 Å². The van der Waals surface area contributed by atoms with E-state index in [9.17, 15) is 13.2 Å². The van der Waals surface area contributed by atoms with Gasteiger partial charge in [-0.15, -0.1) is 11.8 Å². The summed E-state index contributed by atoms with van der Waals surface area (Å²) in [7, 11) is -3.05. The van der Waals surface area contributed by atoms with Gasteiger partial charge in [0.1, 0.15) is 0 Å². The third kappa shape index (κ3) is 5.02. The SMILES string of the molecule is CC1(NC(=O)c2ccc(CSc3ccc(Cl)cc3)cc2)CCS(=O)(=O)C1. The van der Waals surface area contributed by atoms with Crippen molar-refractivity contribution < 1.29 is 13.2 Å². The highest BCUT2D eigenvalue weighted by Crippen LogP contribution is 2.25. The largest absolute Gasteiger partial charge is 0.346 e. The number of hydrogen-bond donors (Lipinski definition) is 1. The van der Waals surface area contributed by atoms with Gasteiger partial charge in [-0.2, -0.15) is 0 Å². The lowest BCUT2D eigenvalue weighted by Gasteiger charge is -2.23. The van der Waals surface area contributed by atoms with Crippen molar-refractivity contribution in [3.63, 3.8) is 0 Å². The molecule has 3 rings (SSSR count). The molecule has 1 N–H and O–H groups in total. The quantitative estimate of drug-likeness (QED) is 0.759. The second-order valence-corrected chi connectivity index (χ2v) is 10.5. The molecule has 4 nitrogen and oxygen atoms in total. The summed E-state index contributed by atoms with van der Waals surface area (Å²) in [4.78, 5) is 13.5. The van der Waals surface area contributed by atoms with Crippen LogP contribution >= 0.6 is 23.4 Å². The van der Waals surface area contributed by atoms with Gasteiger partial charge in [0.05, 0.1) is 17.0 Å². The maximum atomic E-state index is 12.4. The number of carbonyl (C=O) groups is 1. The van der Waals surface area contributed by atoms with Crippen molar-refractivity contribution in [2.45, 2.75) is 29.5 Å². The van der Waals surface area contributed by atoms with Crippen molar-refractivity contribution in [1.29, 1.82) is 0 Å². The first-order chi connectivity index (χ1) is 12.2. The van der Waals surface area contributed by atoms with Gasteiger partial charge in [0, 0.05) is 21.2 Å². The number of benzene rings is 2. The molecule has 1 amide bonds. The average molecular weight is 410 g/mol. The van der Waals surface area contributed by atoms with Gasteiger partial charge >= 0.3 is 0 Å². The Balaban J connectivity index is 1.58. The molecule has 1 unspecified atom stereocenters. The predicted molar refractivity (Wildman–Crippen MR) is 107 cm³/mol. The van der Waals surface area contributed by atoms with E-state index in [1.165, 1.54) is 0 Å². The summed E-state index contributed by atoms with van der Waals surface area (Å²) >= 11 is 7.58.